The number of benzene rings is 2. The van der Waals surface area contributed by atoms with E-state index in [9.17, 15) is 4.79 Å². The number of aromatic nitrogens is 2. The van der Waals surface area contributed by atoms with Gasteiger partial charge in [0.1, 0.15) is 6.54 Å². The maximum absolute atomic E-state index is 12.2. The van der Waals surface area contributed by atoms with E-state index in [1.807, 2.05) is 38.2 Å². The molecule has 4 nitrogen and oxygen atoms in total. The Hall–Kier alpha value is -2.88. The summed E-state index contributed by atoms with van der Waals surface area (Å²) in [5.74, 6) is -0.212. The standard InChI is InChI=1S/C21H20N2O2/c1-4-25-20(24)12-23-19-8-6-5-7-16(19)18-11-17-14(3)22-10-9-15(17)13(2)21(18)23/h5-11H,4,12H2,1-3H3. The highest BCUT2D eigenvalue weighted by atomic mass is 16.5. The monoisotopic (exact) mass is 332 g/mol. The molecule has 4 aromatic rings. The second-order valence-electron chi connectivity index (χ2n) is 6.30. The Morgan fingerprint density at radius 2 is 1.88 bits per heavy atom. The normalized spacial score (nSPS) is 11.5. The summed E-state index contributed by atoms with van der Waals surface area (Å²) >= 11 is 0. The molecule has 0 spiro atoms. The molecule has 4 rings (SSSR count). The van der Waals surface area contributed by atoms with Gasteiger partial charge in [0.2, 0.25) is 0 Å². The van der Waals surface area contributed by atoms with Crippen molar-refractivity contribution in [3.8, 4) is 0 Å². The van der Waals surface area contributed by atoms with Gasteiger partial charge in [-0.25, -0.2) is 0 Å². The number of rotatable bonds is 3. The van der Waals surface area contributed by atoms with E-state index in [0.29, 0.717) is 6.61 Å². The molecule has 0 bridgehead atoms. The predicted octanol–water partition coefficient (Wildman–Crippen LogP) is 4.52. The number of ether oxygens (including phenoxy) is 1. The SMILES string of the molecule is CCOC(=O)Cn1c2ccccc2c2cc3c(C)nccc3c(C)c21. The lowest BCUT2D eigenvalue weighted by atomic mass is 10.0. The summed E-state index contributed by atoms with van der Waals surface area (Å²) in [7, 11) is 0. The van der Waals surface area contributed by atoms with Gasteiger partial charge in [0, 0.05) is 33.6 Å². The van der Waals surface area contributed by atoms with E-state index in [2.05, 4.69) is 34.7 Å². The highest BCUT2D eigenvalue weighted by Crippen LogP contribution is 2.36. The van der Waals surface area contributed by atoms with E-state index in [0.717, 1.165) is 32.9 Å². The maximum Gasteiger partial charge on any atom is 0.325 e. The average molecular weight is 332 g/mol. The molecule has 0 unspecified atom stereocenters. The van der Waals surface area contributed by atoms with Gasteiger partial charge in [-0.05, 0) is 49.9 Å². The first-order chi connectivity index (χ1) is 12.1. The van der Waals surface area contributed by atoms with Crippen molar-refractivity contribution < 1.29 is 9.53 Å². The summed E-state index contributed by atoms with van der Waals surface area (Å²) in [6, 6.07) is 12.4. The van der Waals surface area contributed by atoms with Crippen LogP contribution in [0.1, 0.15) is 18.2 Å². The van der Waals surface area contributed by atoms with Crippen LogP contribution >= 0.6 is 0 Å². The minimum atomic E-state index is -0.212. The summed E-state index contributed by atoms with van der Waals surface area (Å²) in [6.45, 7) is 6.59. The Morgan fingerprint density at radius 1 is 1.08 bits per heavy atom. The van der Waals surface area contributed by atoms with Crippen molar-refractivity contribution in [3.63, 3.8) is 0 Å². The van der Waals surface area contributed by atoms with Crippen LogP contribution in [0.2, 0.25) is 0 Å². The van der Waals surface area contributed by atoms with Crippen molar-refractivity contribution in [1.82, 2.24) is 9.55 Å². The third-order valence-electron chi connectivity index (χ3n) is 4.84. The average Bonchev–Trinajstić information content (AvgIpc) is 2.91. The van der Waals surface area contributed by atoms with Gasteiger partial charge in [-0.2, -0.15) is 0 Å². The second-order valence-corrected chi connectivity index (χ2v) is 6.30. The first kappa shape index (κ1) is 15.6. The molecule has 0 aliphatic carbocycles. The molecule has 0 atom stereocenters. The first-order valence-electron chi connectivity index (χ1n) is 8.53. The molecular weight excluding hydrogens is 312 g/mol. The summed E-state index contributed by atoms with van der Waals surface area (Å²) in [4.78, 5) is 16.6. The van der Waals surface area contributed by atoms with E-state index in [4.69, 9.17) is 4.74 Å². The molecule has 0 aliphatic heterocycles. The van der Waals surface area contributed by atoms with Crippen molar-refractivity contribution in [2.24, 2.45) is 0 Å². The van der Waals surface area contributed by atoms with Gasteiger partial charge in [0.05, 0.1) is 12.1 Å². The van der Waals surface area contributed by atoms with Crippen molar-refractivity contribution >= 4 is 38.5 Å². The van der Waals surface area contributed by atoms with Gasteiger partial charge in [-0.3, -0.25) is 9.78 Å². The zero-order valence-corrected chi connectivity index (χ0v) is 14.7. The Kier molecular flexibility index (Phi) is 3.68. The molecule has 2 heterocycles. The third kappa shape index (κ3) is 2.37. The van der Waals surface area contributed by atoms with Gasteiger partial charge in [0.15, 0.2) is 0 Å². The minimum Gasteiger partial charge on any atom is -0.465 e. The topological polar surface area (TPSA) is 44.1 Å². The highest BCUT2D eigenvalue weighted by molar-refractivity contribution is 6.15. The number of nitrogens with zero attached hydrogens (tertiary/aromatic N) is 2. The molecule has 4 heteroatoms. The molecule has 2 aromatic carbocycles. The Balaban J connectivity index is 2.13. The van der Waals surface area contributed by atoms with Crippen molar-refractivity contribution in [3.05, 3.63) is 53.9 Å². The Morgan fingerprint density at radius 3 is 2.68 bits per heavy atom. The molecule has 126 valence electrons. The fourth-order valence-corrected chi connectivity index (χ4v) is 3.74. The largest absolute Gasteiger partial charge is 0.465 e. The molecule has 0 saturated carbocycles. The van der Waals surface area contributed by atoms with Crippen molar-refractivity contribution in [2.45, 2.75) is 27.3 Å². The van der Waals surface area contributed by atoms with Gasteiger partial charge in [0.25, 0.3) is 0 Å². The quantitative estimate of drug-likeness (QED) is 0.518. The van der Waals surface area contributed by atoms with E-state index in [1.165, 1.54) is 10.9 Å². The third-order valence-corrected chi connectivity index (χ3v) is 4.84. The molecule has 0 aliphatic rings. The number of aryl methyl sites for hydroxylation is 2. The second kappa shape index (κ2) is 5.88. The number of esters is 1. The summed E-state index contributed by atoms with van der Waals surface area (Å²) in [6.07, 6.45) is 1.84. The lowest BCUT2D eigenvalue weighted by Crippen LogP contribution is -2.13. The molecule has 0 fully saturated rings. The number of hydrogen-bond donors (Lipinski definition) is 0. The summed E-state index contributed by atoms with van der Waals surface area (Å²) in [5, 5.41) is 4.63. The van der Waals surface area contributed by atoms with Crippen LogP contribution in [-0.4, -0.2) is 22.1 Å². The van der Waals surface area contributed by atoms with Gasteiger partial charge in [-0.1, -0.05) is 18.2 Å². The van der Waals surface area contributed by atoms with Gasteiger partial charge < -0.3 is 9.30 Å². The number of pyridine rings is 1. The van der Waals surface area contributed by atoms with E-state index in [-0.39, 0.29) is 12.5 Å². The van der Waals surface area contributed by atoms with Crippen LogP contribution in [-0.2, 0) is 16.1 Å². The molecule has 0 N–H and O–H groups in total. The van der Waals surface area contributed by atoms with Crippen molar-refractivity contribution in [1.29, 1.82) is 0 Å². The van der Waals surface area contributed by atoms with E-state index in [1.54, 1.807) is 0 Å². The number of para-hydroxylation sites is 1. The Bertz CT molecular complexity index is 1130. The number of hydrogen-bond acceptors (Lipinski definition) is 3. The first-order valence-corrected chi connectivity index (χ1v) is 8.53. The molecule has 0 radical (unpaired) electrons. The van der Waals surface area contributed by atoms with Crippen LogP contribution in [0.4, 0.5) is 0 Å². The fourth-order valence-electron chi connectivity index (χ4n) is 3.74. The smallest absolute Gasteiger partial charge is 0.325 e. The van der Waals surface area contributed by atoms with Crippen LogP contribution in [0.25, 0.3) is 32.6 Å². The van der Waals surface area contributed by atoms with Crippen LogP contribution in [0, 0.1) is 13.8 Å². The fraction of sp³-hybridized carbons (Fsp3) is 0.238. The molecule has 0 saturated heterocycles. The zero-order valence-electron chi connectivity index (χ0n) is 14.7. The number of carbonyl (C=O) groups is 1. The molecular formula is C21H20N2O2. The number of carbonyl (C=O) groups excluding carboxylic acids is 1. The molecule has 0 amide bonds. The number of fused-ring (bicyclic) bond motifs is 4. The van der Waals surface area contributed by atoms with Gasteiger partial charge in [-0.15, -0.1) is 0 Å². The van der Waals surface area contributed by atoms with Crippen LogP contribution in [0.5, 0.6) is 0 Å². The summed E-state index contributed by atoms with van der Waals surface area (Å²) in [5.41, 5.74) is 4.32. The van der Waals surface area contributed by atoms with Crippen LogP contribution < -0.4 is 0 Å². The van der Waals surface area contributed by atoms with Crippen LogP contribution in [0.15, 0.2) is 42.6 Å². The summed E-state index contributed by atoms with van der Waals surface area (Å²) < 4.78 is 7.27. The zero-order chi connectivity index (χ0) is 17.6. The van der Waals surface area contributed by atoms with E-state index >= 15 is 0 Å². The van der Waals surface area contributed by atoms with Crippen molar-refractivity contribution in [2.75, 3.05) is 6.61 Å². The van der Waals surface area contributed by atoms with Crippen LogP contribution in [0.3, 0.4) is 0 Å². The lowest BCUT2D eigenvalue weighted by molar-refractivity contribution is -0.143. The predicted molar refractivity (Wildman–Crippen MR) is 101 cm³/mol. The molecule has 2 aromatic heterocycles. The highest BCUT2D eigenvalue weighted by Gasteiger charge is 2.17. The minimum absolute atomic E-state index is 0.212. The van der Waals surface area contributed by atoms with Gasteiger partial charge >= 0.3 is 5.97 Å². The maximum atomic E-state index is 12.2. The Labute approximate surface area is 146 Å². The lowest BCUT2D eigenvalue weighted by Gasteiger charge is -2.11. The molecule has 25 heavy (non-hydrogen) atoms. The van der Waals surface area contributed by atoms with E-state index < -0.39 is 0 Å².